The Hall–Kier alpha value is -0.610. The van der Waals surface area contributed by atoms with Gasteiger partial charge < -0.3 is 15.1 Å². The number of likely N-dealkylation sites (tertiary alicyclic amines) is 1. The predicted molar refractivity (Wildman–Crippen MR) is 145 cm³/mol. The maximum absolute atomic E-state index is 13.0. The highest BCUT2D eigenvalue weighted by Gasteiger charge is 2.61. The van der Waals surface area contributed by atoms with Crippen LogP contribution in [0.3, 0.4) is 0 Å². The van der Waals surface area contributed by atoms with Gasteiger partial charge in [0.15, 0.2) is 0 Å². The quantitative estimate of drug-likeness (QED) is 0.447. The van der Waals surface area contributed by atoms with Crippen LogP contribution in [0.15, 0.2) is 0 Å². The van der Waals surface area contributed by atoms with Crippen molar-refractivity contribution in [2.45, 2.75) is 136 Å². The lowest BCUT2D eigenvalue weighted by molar-refractivity contribution is -0.148. The number of rotatable bonds is 5. The van der Waals surface area contributed by atoms with Crippen LogP contribution < -0.4 is 0 Å². The number of fused-ring (bicyclic) bond motifs is 5. The fraction of sp³-hybridized carbons (Fsp3) is 0.969. The van der Waals surface area contributed by atoms with Crippen molar-refractivity contribution < 1.29 is 15.0 Å². The second-order valence-electron chi connectivity index (χ2n) is 15.1. The lowest BCUT2D eigenvalue weighted by Crippen LogP contribution is -2.55. The molecule has 5 rings (SSSR count). The van der Waals surface area contributed by atoms with E-state index < -0.39 is 11.2 Å². The van der Waals surface area contributed by atoms with E-state index in [1.807, 2.05) is 11.8 Å². The van der Waals surface area contributed by atoms with Crippen LogP contribution in [0.2, 0.25) is 0 Å². The highest BCUT2D eigenvalue weighted by atomic mass is 16.3. The minimum Gasteiger partial charge on any atom is -0.390 e. The van der Waals surface area contributed by atoms with E-state index in [2.05, 4.69) is 27.7 Å². The third-order valence-electron chi connectivity index (χ3n) is 13.2. The first-order valence-corrected chi connectivity index (χ1v) is 15.6. The van der Waals surface area contributed by atoms with Crippen LogP contribution in [-0.4, -0.2) is 45.3 Å². The number of aliphatic hydroxyl groups is 2. The molecular weight excluding hydrogens is 446 g/mol. The second kappa shape index (κ2) is 9.54. The Morgan fingerprint density at radius 2 is 1.58 bits per heavy atom. The third kappa shape index (κ3) is 4.59. The molecule has 0 aromatic heterocycles. The van der Waals surface area contributed by atoms with Crippen LogP contribution in [0, 0.1) is 46.3 Å². The molecule has 9 atom stereocenters. The molecule has 1 heterocycles. The van der Waals surface area contributed by atoms with Crippen molar-refractivity contribution in [1.82, 2.24) is 4.90 Å². The number of nitrogens with zero attached hydrogens (tertiary/aromatic N) is 1. The van der Waals surface area contributed by atoms with E-state index in [4.69, 9.17) is 0 Å². The Morgan fingerprint density at radius 1 is 0.889 bits per heavy atom. The number of carbonyl (C=O) groups excluding carboxylic acids is 1. The molecule has 1 aliphatic heterocycles. The molecule has 0 spiro atoms. The molecule has 2 N–H and O–H groups in total. The van der Waals surface area contributed by atoms with Gasteiger partial charge in [0, 0.05) is 19.5 Å². The highest BCUT2D eigenvalue weighted by molar-refractivity contribution is 5.76. The van der Waals surface area contributed by atoms with E-state index in [0.29, 0.717) is 35.0 Å². The van der Waals surface area contributed by atoms with Crippen LogP contribution in [0.25, 0.3) is 0 Å². The molecule has 5 aliphatic rings. The van der Waals surface area contributed by atoms with Gasteiger partial charge in [-0.2, -0.15) is 0 Å². The first-order valence-electron chi connectivity index (χ1n) is 15.6. The molecule has 4 saturated carbocycles. The Labute approximate surface area is 221 Å². The molecule has 0 bridgehead atoms. The number of hydrogen-bond acceptors (Lipinski definition) is 3. The molecule has 0 aromatic rings. The van der Waals surface area contributed by atoms with Crippen molar-refractivity contribution in [2.24, 2.45) is 46.3 Å². The number of amides is 1. The van der Waals surface area contributed by atoms with Crippen molar-refractivity contribution in [1.29, 1.82) is 0 Å². The van der Waals surface area contributed by atoms with Gasteiger partial charge in [0.25, 0.3) is 0 Å². The molecule has 0 aromatic carbocycles. The highest BCUT2D eigenvalue weighted by Crippen LogP contribution is 2.68. The van der Waals surface area contributed by atoms with Gasteiger partial charge in [0.1, 0.15) is 0 Å². The van der Waals surface area contributed by atoms with E-state index in [1.165, 1.54) is 44.9 Å². The standard InChI is InChI=1S/C32H55NO3/c1-6-32(36)17-19-33(20-18-32)28(34)12-7-22(2)25-10-11-26-24-9-8-23-21-29(3,35)15-16-30(23,4)27(24)13-14-31(25,26)5/h22-27,35-36H,6-21H2,1-5H3/t22?,23-,24-,25+,26-,27-,29-,30-,31+/m0/s1. The van der Waals surface area contributed by atoms with Crippen molar-refractivity contribution >= 4 is 5.91 Å². The van der Waals surface area contributed by atoms with Gasteiger partial charge in [0.2, 0.25) is 5.91 Å². The molecule has 4 aliphatic carbocycles. The Bertz CT molecular complexity index is 816. The zero-order valence-corrected chi connectivity index (χ0v) is 24.0. The largest absolute Gasteiger partial charge is 0.390 e. The first kappa shape index (κ1) is 27.0. The molecule has 1 amide bonds. The maximum atomic E-state index is 13.0. The fourth-order valence-corrected chi connectivity index (χ4v) is 10.6. The third-order valence-corrected chi connectivity index (χ3v) is 13.2. The average molecular weight is 502 g/mol. The summed E-state index contributed by atoms with van der Waals surface area (Å²) in [5, 5.41) is 21.3. The topological polar surface area (TPSA) is 60.8 Å². The molecule has 206 valence electrons. The summed E-state index contributed by atoms with van der Waals surface area (Å²) in [6.07, 6.45) is 15.3. The summed E-state index contributed by atoms with van der Waals surface area (Å²) in [7, 11) is 0. The number of piperidine rings is 1. The summed E-state index contributed by atoms with van der Waals surface area (Å²) >= 11 is 0. The maximum Gasteiger partial charge on any atom is 0.222 e. The van der Waals surface area contributed by atoms with E-state index in [1.54, 1.807) is 0 Å². The summed E-state index contributed by atoms with van der Waals surface area (Å²) in [6, 6.07) is 0. The molecular formula is C32H55NO3. The Morgan fingerprint density at radius 3 is 2.28 bits per heavy atom. The van der Waals surface area contributed by atoms with Gasteiger partial charge >= 0.3 is 0 Å². The zero-order chi connectivity index (χ0) is 25.9. The number of carbonyl (C=O) groups is 1. The lowest BCUT2D eigenvalue weighted by atomic mass is 9.43. The normalized spacial score (nSPS) is 47.0. The molecule has 4 nitrogen and oxygen atoms in total. The predicted octanol–water partition coefficient (Wildman–Crippen LogP) is 6.58. The molecule has 4 heteroatoms. The van der Waals surface area contributed by atoms with Crippen LogP contribution in [-0.2, 0) is 4.79 Å². The van der Waals surface area contributed by atoms with Gasteiger partial charge in [0.05, 0.1) is 11.2 Å². The van der Waals surface area contributed by atoms with Gasteiger partial charge in [-0.3, -0.25) is 4.79 Å². The molecule has 0 radical (unpaired) electrons. The second-order valence-corrected chi connectivity index (χ2v) is 15.1. The molecule has 1 saturated heterocycles. The lowest BCUT2D eigenvalue weighted by Gasteiger charge is -2.62. The van der Waals surface area contributed by atoms with Gasteiger partial charge in [-0.05, 0) is 137 Å². The van der Waals surface area contributed by atoms with E-state index >= 15 is 0 Å². The van der Waals surface area contributed by atoms with Gasteiger partial charge in [-0.1, -0.05) is 27.7 Å². The smallest absolute Gasteiger partial charge is 0.222 e. The van der Waals surface area contributed by atoms with E-state index in [9.17, 15) is 15.0 Å². The van der Waals surface area contributed by atoms with Crippen molar-refractivity contribution in [3.05, 3.63) is 0 Å². The van der Waals surface area contributed by atoms with Crippen LogP contribution in [0.5, 0.6) is 0 Å². The van der Waals surface area contributed by atoms with Gasteiger partial charge in [-0.15, -0.1) is 0 Å². The van der Waals surface area contributed by atoms with E-state index in [-0.39, 0.29) is 0 Å². The SMILES string of the molecule is CCC1(O)CCN(C(=O)CCC(C)[C@H]2CC[C@H]3[C@@H]4CC[C@H]5C[C@@](C)(O)CC[C@]5(C)[C@H]4CC[C@]23C)CC1. The van der Waals surface area contributed by atoms with Crippen molar-refractivity contribution in [3.8, 4) is 0 Å². The first-order chi connectivity index (χ1) is 16.9. The minimum atomic E-state index is -0.554. The summed E-state index contributed by atoms with van der Waals surface area (Å²) in [5.41, 5.74) is -0.129. The Balaban J connectivity index is 1.19. The molecule has 1 unspecified atom stereocenters. The van der Waals surface area contributed by atoms with E-state index in [0.717, 1.165) is 75.3 Å². The minimum absolute atomic E-state index is 0.308. The monoisotopic (exact) mass is 501 g/mol. The van der Waals surface area contributed by atoms with Crippen LogP contribution in [0.4, 0.5) is 0 Å². The molecule has 36 heavy (non-hydrogen) atoms. The zero-order valence-electron chi connectivity index (χ0n) is 24.0. The summed E-state index contributed by atoms with van der Waals surface area (Å²) in [5.74, 6) is 4.95. The number of hydrogen-bond donors (Lipinski definition) is 2. The molecule has 5 fully saturated rings. The van der Waals surface area contributed by atoms with Crippen molar-refractivity contribution in [2.75, 3.05) is 13.1 Å². The average Bonchev–Trinajstić information content (AvgIpc) is 3.20. The van der Waals surface area contributed by atoms with Crippen molar-refractivity contribution in [3.63, 3.8) is 0 Å². The van der Waals surface area contributed by atoms with Crippen LogP contribution in [0.1, 0.15) is 125 Å². The fourth-order valence-electron chi connectivity index (χ4n) is 10.6. The van der Waals surface area contributed by atoms with Gasteiger partial charge in [-0.25, -0.2) is 0 Å². The Kier molecular flexibility index (Phi) is 7.15. The summed E-state index contributed by atoms with van der Waals surface area (Å²) in [6.45, 7) is 13.2. The summed E-state index contributed by atoms with van der Waals surface area (Å²) < 4.78 is 0. The summed E-state index contributed by atoms with van der Waals surface area (Å²) in [4.78, 5) is 15.0. The van der Waals surface area contributed by atoms with Crippen LogP contribution >= 0.6 is 0 Å².